The molecule has 1 atom stereocenters. The summed E-state index contributed by atoms with van der Waals surface area (Å²) in [6, 6.07) is 8.15. The predicted octanol–water partition coefficient (Wildman–Crippen LogP) is 4.33. The molecule has 0 amide bonds. The molecular weight excluding hydrogens is 266 g/mol. The van der Waals surface area contributed by atoms with Gasteiger partial charge in [0.1, 0.15) is 0 Å². The maximum absolute atomic E-state index is 10.5. The molecule has 3 rings (SSSR count). The number of thioether (sulfide) groups is 1. The second-order valence-corrected chi connectivity index (χ2v) is 6.89. The Bertz CT molecular complexity index is 560. The van der Waals surface area contributed by atoms with Crippen LogP contribution < -0.4 is 0 Å². The summed E-state index contributed by atoms with van der Waals surface area (Å²) in [5.41, 5.74) is 0.964. The Kier molecular flexibility index (Phi) is 4.58. The molecule has 1 fully saturated rings. The van der Waals surface area contributed by atoms with Crippen molar-refractivity contribution in [3.8, 4) is 0 Å². The van der Waals surface area contributed by atoms with Gasteiger partial charge in [0.15, 0.2) is 0 Å². The number of pyridine rings is 1. The maximum atomic E-state index is 10.5. The lowest BCUT2D eigenvalue weighted by atomic mass is 10.0. The van der Waals surface area contributed by atoms with E-state index >= 15 is 0 Å². The van der Waals surface area contributed by atoms with Crippen LogP contribution in [-0.4, -0.2) is 21.1 Å². The Labute approximate surface area is 124 Å². The zero-order valence-corrected chi connectivity index (χ0v) is 12.5. The lowest BCUT2D eigenvalue weighted by molar-refractivity contribution is 0.205. The first-order valence-corrected chi connectivity index (χ1v) is 8.52. The number of fused-ring (bicyclic) bond motifs is 1. The van der Waals surface area contributed by atoms with Gasteiger partial charge in [-0.2, -0.15) is 11.8 Å². The van der Waals surface area contributed by atoms with Crippen molar-refractivity contribution in [1.29, 1.82) is 0 Å². The van der Waals surface area contributed by atoms with E-state index in [1.807, 2.05) is 42.4 Å². The Hall–Kier alpha value is -1.06. The summed E-state index contributed by atoms with van der Waals surface area (Å²) in [7, 11) is 0. The minimum absolute atomic E-state index is 0.416. The monoisotopic (exact) mass is 287 g/mol. The fraction of sp³-hybridized carbons (Fsp3) is 0.471. The number of benzene rings is 1. The van der Waals surface area contributed by atoms with Gasteiger partial charge in [-0.05, 0) is 18.2 Å². The van der Waals surface area contributed by atoms with Crippen molar-refractivity contribution >= 4 is 22.5 Å². The molecule has 0 saturated heterocycles. The number of hydrogen-bond acceptors (Lipinski definition) is 3. The third-order valence-corrected chi connectivity index (χ3v) is 5.55. The van der Waals surface area contributed by atoms with Gasteiger partial charge in [-0.1, -0.05) is 43.5 Å². The van der Waals surface area contributed by atoms with Crippen LogP contribution in [0.1, 0.15) is 43.8 Å². The summed E-state index contributed by atoms with van der Waals surface area (Å²) in [6.45, 7) is 0. The molecule has 1 saturated carbocycles. The molecule has 1 heterocycles. The lowest BCUT2D eigenvalue weighted by Gasteiger charge is -2.22. The Morgan fingerprint density at radius 1 is 1.15 bits per heavy atom. The van der Waals surface area contributed by atoms with E-state index in [0.717, 1.165) is 27.3 Å². The largest absolute Gasteiger partial charge is 0.387 e. The lowest BCUT2D eigenvalue weighted by Crippen LogP contribution is -2.11. The van der Waals surface area contributed by atoms with Crippen LogP contribution in [0.5, 0.6) is 0 Å². The van der Waals surface area contributed by atoms with Crippen molar-refractivity contribution in [1.82, 2.24) is 4.98 Å². The first-order valence-electron chi connectivity index (χ1n) is 7.47. The van der Waals surface area contributed by atoms with E-state index in [4.69, 9.17) is 0 Å². The van der Waals surface area contributed by atoms with E-state index in [9.17, 15) is 5.11 Å². The fourth-order valence-corrected chi connectivity index (χ4v) is 4.25. The molecule has 106 valence electrons. The van der Waals surface area contributed by atoms with Crippen molar-refractivity contribution < 1.29 is 5.11 Å². The molecule has 1 aromatic carbocycles. The van der Waals surface area contributed by atoms with Crippen LogP contribution in [0.3, 0.4) is 0 Å². The Morgan fingerprint density at radius 2 is 1.95 bits per heavy atom. The van der Waals surface area contributed by atoms with Crippen molar-refractivity contribution in [2.45, 2.75) is 43.5 Å². The summed E-state index contributed by atoms with van der Waals surface area (Å²) in [6.07, 6.45) is 9.96. The standard InChI is InChI=1S/C17H21NOS/c19-17(12-20-14-7-2-1-3-8-14)16-11-18-10-13-6-4-5-9-15(13)16/h4-6,9-11,14,17,19H,1-3,7-8,12H2. The molecule has 2 aromatic rings. The summed E-state index contributed by atoms with van der Waals surface area (Å²) < 4.78 is 0. The minimum Gasteiger partial charge on any atom is -0.387 e. The molecule has 0 aliphatic heterocycles. The normalized spacial score (nSPS) is 18.2. The fourth-order valence-electron chi connectivity index (χ4n) is 2.95. The summed E-state index contributed by atoms with van der Waals surface area (Å²) >= 11 is 1.93. The average Bonchev–Trinajstić information content (AvgIpc) is 2.53. The van der Waals surface area contributed by atoms with E-state index < -0.39 is 6.10 Å². The van der Waals surface area contributed by atoms with Crippen LogP contribution in [0.15, 0.2) is 36.7 Å². The molecule has 2 nitrogen and oxygen atoms in total. The van der Waals surface area contributed by atoms with Crippen molar-refractivity contribution in [2.24, 2.45) is 0 Å². The molecular formula is C17H21NOS. The van der Waals surface area contributed by atoms with Gasteiger partial charge in [0.25, 0.3) is 0 Å². The van der Waals surface area contributed by atoms with Crippen molar-refractivity contribution in [3.63, 3.8) is 0 Å². The average molecular weight is 287 g/mol. The van der Waals surface area contributed by atoms with Gasteiger partial charge in [-0.15, -0.1) is 0 Å². The highest BCUT2D eigenvalue weighted by Crippen LogP contribution is 2.32. The number of aliphatic hydroxyl groups excluding tert-OH is 1. The van der Waals surface area contributed by atoms with Gasteiger partial charge in [-0.3, -0.25) is 4.98 Å². The van der Waals surface area contributed by atoms with Crippen LogP contribution in [0.25, 0.3) is 10.8 Å². The second kappa shape index (κ2) is 6.59. The summed E-state index contributed by atoms with van der Waals surface area (Å²) in [4.78, 5) is 4.26. The number of aliphatic hydroxyl groups is 1. The highest BCUT2D eigenvalue weighted by Gasteiger charge is 2.17. The first-order chi connectivity index (χ1) is 9.84. The highest BCUT2D eigenvalue weighted by atomic mass is 32.2. The van der Waals surface area contributed by atoms with Crippen LogP contribution in [0.2, 0.25) is 0 Å². The molecule has 20 heavy (non-hydrogen) atoms. The quantitative estimate of drug-likeness (QED) is 0.908. The van der Waals surface area contributed by atoms with Gasteiger partial charge in [-0.25, -0.2) is 0 Å². The maximum Gasteiger partial charge on any atom is 0.0901 e. The van der Waals surface area contributed by atoms with Crippen LogP contribution in [0, 0.1) is 0 Å². The topological polar surface area (TPSA) is 33.1 Å². The number of hydrogen-bond donors (Lipinski definition) is 1. The van der Waals surface area contributed by atoms with Crippen LogP contribution >= 0.6 is 11.8 Å². The van der Waals surface area contributed by atoms with E-state index in [1.165, 1.54) is 32.1 Å². The summed E-state index contributed by atoms with van der Waals surface area (Å²) in [5.74, 6) is 0.778. The molecule has 0 bridgehead atoms. The number of nitrogens with zero attached hydrogens (tertiary/aromatic N) is 1. The van der Waals surface area contributed by atoms with E-state index in [2.05, 4.69) is 11.1 Å². The van der Waals surface area contributed by atoms with E-state index in [1.54, 1.807) is 0 Å². The molecule has 1 aliphatic rings. The van der Waals surface area contributed by atoms with Crippen LogP contribution in [0.4, 0.5) is 0 Å². The van der Waals surface area contributed by atoms with Crippen molar-refractivity contribution in [3.05, 3.63) is 42.2 Å². The Morgan fingerprint density at radius 3 is 2.80 bits per heavy atom. The Balaban J connectivity index is 1.70. The third-order valence-electron chi connectivity index (χ3n) is 4.10. The molecule has 0 spiro atoms. The zero-order valence-electron chi connectivity index (χ0n) is 11.7. The summed E-state index contributed by atoms with van der Waals surface area (Å²) in [5, 5.41) is 13.5. The first kappa shape index (κ1) is 13.9. The molecule has 1 unspecified atom stereocenters. The number of rotatable bonds is 4. The molecule has 1 aliphatic carbocycles. The van der Waals surface area contributed by atoms with Gasteiger partial charge >= 0.3 is 0 Å². The SMILES string of the molecule is OC(CSC1CCCCC1)c1cncc2ccccc12. The minimum atomic E-state index is -0.416. The highest BCUT2D eigenvalue weighted by molar-refractivity contribution is 7.99. The second-order valence-electron chi connectivity index (χ2n) is 5.56. The van der Waals surface area contributed by atoms with Gasteiger partial charge < -0.3 is 5.11 Å². The van der Waals surface area contributed by atoms with Gasteiger partial charge in [0, 0.05) is 34.3 Å². The van der Waals surface area contributed by atoms with Crippen molar-refractivity contribution in [2.75, 3.05) is 5.75 Å². The molecule has 0 radical (unpaired) electrons. The third kappa shape index (κ3) is 3.15. The van der Waals surface area contributed by atoms with Gasteiger partial charge in [0.05, 0.1) is 6.10 Å². The van der Waals surface area contributed by atoms with Gasteiger partial charge in [0.2, 0.25) is 0 Å². The van der Waals surface area contributed by atoms with E-state index in [0.29, 0.717) is 0 Å². The molecule has 1 aromatic heterocycles. The zero-order chi connectivity index (χ0) is 13.8. The molecule has 1 N–H and O–H groups in total. The number of aromatic nitrogens is 1. The predicted molar refractivity (Wildman–Crippen MR) is 86.0 cm³/mol. The van der Waals surface area contributed by atoms with E-state index in [-0.39, 0.29) is 0 Å². The molecule has 3 heteroatoms. The van der Waals surface area contributed by atoms with Crippen LogP contribution in [-0.2, 0) is 0 Å². The smallest absolute Gasteiger partial charge is 0.0901 e.